The van der Waals surface area contributed by atoms with Gasteiger partial charge in [0.2, 0.25) is 0 Å². The first-order chi connectivity index (χ1) is 9.99. The molecule has 1 amide bonds. The average molecular weight is 293 g/mol. The van der Waals surface area contributed by atoms with Crippen molar-refractivity contribution in [2.75, 3.05) is 0 Å². The van der Waals surface area contributed by atoms with Crippen LogP contribution in [0.1, 0.15) is 48.0 Å². The predicted molar refractivity (Wildman–Crippen MR) is 76.6 cm³/mol. The molecule has 1 aromatic rings. The molecule has 0 radical (unpaired) electrons. The molecule has 2 unspecified atom stereocenters. The van der Waals surface area contributed by atoms with Gasteiger partial charge in [-0.15, -0.1) is 0 Å². The van der Waals surface area contributed by atoms with E-state index >= 15 is 0 Å². The molecule has 1 aliphatic rings. The van der Waals surface area contributed by atoms with Gasteiger partial charge in [-0.1, -0.05) is 19.3 Å². The standard InChI is InChI=1S/C16H20FNO3/c1-10-9-11(17)7-8-12(10)15(19)18-14-6-4-2-3-5-13(14)16(20)21/h7-9,13-14H,2-6H2,1H3,(H,18,19)(H,20,21). The zero-order valence-electron chi connectivity index (χ0n) is 12.1. The summed E-state index contributed by atoms with van der Waals surface area (Å²) in [5.41, 5.74) is 0.942. The van der Waals surface area contributed by atoms with Gasteiger partial charge in [0, 0.05) is 11.6 Å². The van der Waals surface area contributed by atoms with E-state index in [0.29, 0.717) is 24.0 Å². The van der Waals surface area contributed by atoms with E-state index in [1.165, 1.54) is 18.2 Å². The third-order valence-electron chi connectivity index (χ3n) is 4.08. The summed E-state index contributed by atoms with van der Waals surface area (Å²) in [7, 11) is 0. The van der Waals surface area contributed by atoms with Gasteiger partial charge in [0.25, 0.3) is 5.91 Å². The predicted octanol–water partition coefficient (Wildman–Crippen LogP) is 2.90. The molecule has 1 aromatic carbocycles. The van der Waals surface area contributed by atoms with E-state index in [0.717, 1.165) is 19.3 Å². The number of amides is 1. The molecule has 2 N–H and O–H groups in total. The monoisotopic (exact) mass is 293 g/mol. The van der Waals surface area contributed by atoms with Crippen LogP contribution in [-0.4, -0.2) is 23.0 Å². The summed E-state index contributed by atoms with van der Waals surface area (Å²) < 4.78 is 13.1. The molecule has 0 bridgehead atoms. The molecule has 1 aliphatic carbocycles. The summed E-state index contributed by atoms with van der Waals surface area (Å²) in [6.45, 7) is 1.67. The zero-order valence-corrected chi connectivity index (χ0v) is 12.1. The second-order valence-corrected chi connectivity index (χ2v) is 5.62. The molecule has 0 saturated heterocycles. The third-order valence-corrected chi connectivity index (χ3v) is 4.08. The van der Waals surface area contributed by atoms with Gasteiger partial charge < -0.3 is 10.4 Å². The van der Waals surface area contributed by atoms with Crippen LogP contribution >= 0.6 is 0 Å². The van der Waals surface area contributed by atoms with Crippen LogP contribution in [0.3, 0.4) is 0 Å². The van der Waals surface area contributed by atoms with Crippen molar-refractivity contribution in [3.63, 3.8) is 0 Å². The van der Waals surface area contributed by atoms with Crippen molar-refractivity contribution in [2.45, 2.75) is 45.1 Å². The number of carbonyl (C=O) groups is 2. The summed E-state index contributed by atoms with van der Waals surface area (Å²) >= 11 is 0. The van der Waals surface area contributed by atoms with Gasteiger partial charge in [-0.3, -0.25) is 9.59 Å². The van der Waals surface area contributed by atoms with Crippen LogP contribution in [0, 0.1) is 18.7 Å². The average Bonchev–Trinajstić information content (AvgIpc) is 2.63. The van der Waals surface area contributed by atoms with Crippen molar-refractivity contribution in [3.05, 3.63) is 35.1 Å². The molecule has 0 spiro atoms. The van der Waals surface area contributed by atoms with Crippen molar-refractivity contribution in [1.82, 2.24) is 5.32 Å². The summed E-state index contributed by atoms with van der Waals surface area (Å²) in [4.78, 5) is 23.6. The van der Waals surface area contributed by atoms with Crippen molar-refractivity contribution in [2.24, 2.45) is 5.92 Å². The number of aliphatic carboxylic acids is 1. The molecule has 21 heavy (non-hydrogen) atoms. The highest BCUT2D eigenvalue weighted by molar-refractivity contribution is 5.96. The highest BCUT2D eigenvalue weighted by Crippen LogP contribution is 2.24. The maximum absolute atomic E-state index is 13.1. The van der Waals surface area contributed by atoms with Gasteiger partial charge in [-0.25, -0.2) is 4.39 Å². The van der Waals surface area contributed by atoms with Crippen molar-refractivity contribution < 1.29 is 19.1 Å². The Bertz CT molecular complexity index is 544. The van der Waals surface area contributed by atoms with E-state index < -0.39 is 11.9 Å². The first kappa shape index (κ1) is 15.5. The lowest BCUT2D eigenvalue weighted by atomic mass is 9.94. The molecule has 5 heteroatoms. The van der Waals surface area contributed by atoms with Crippen LogP contribution in [-0.2, 0) is 4.79 Å². The number of aryl methyl sites for hydroxylation is 1. The number of hydrogen-bond acceptors (Lipinski definition) is 2. The number of rotatable bonds is 3. The van der Waals surface area contributed by atoms with Crippen molar-refractivity contribution >= 4 is 11.9 Å². The van der Waals surface area contributed by atoms with E-state index in [2.05, 4.69) is 5.32 Å². The lowest BCUT2D eigenvalue weighted by Gasteiger charge is -2.23. The highest BCUT2D eigenvalue weighted by Gasteiger charge is 2.31. The third kappa shape index (κ3) is 3.80. The maximum atomic E-state index is 13.1. The number of carbonyl (C=O) groups excluding carboxylic acids is 1. The van der Waals surface area contributed by atoms with Gasteiger partial charge in [0.05, 0.1) is 5.92 Å². The zero-order chi connectivity index (χ0) is 15.4. The number of benzene rings is 1. The molecule has 0 heterocycles. The smallest absolute Gasteiger partial charge is 0.308 e. The van der Waals surface area contributed by atoms with Gasteiger partial charge in [-0.2, -0.15) is 0 Å². The Morgan fingerprint density at radius 3 is 2.62 bits per heavy atom. The van der Waals surface area contributed by atoms with Crippen LogP contribution < -0.4 is 5.32 Å². The lowest BCUT2D eigenvalue weighted by molar-refractivity contribution is -0.142. The van der Waals surface area contributed by atoms with Gasteiger partial charge >= 0.3 is 5.97 Å². The van der Waals surface area contributed by atoms with Crippen LogP contribution in [0.2, 0.25) is 0 Å². The molecule has 0 aliphatic heterocycles. The van der Waals surface area contributed by atoms with E-state index in [1.807, 2.05) is 0 Å². The minimum Gasteiger partial charge on any atom is -0.481 e. The fourth-order valence-electron chi connectivity index (χ4n) is 2.90. The molecule has 1 saturated carbocycles. The Hall–Kier alpha value is -1.91. The molecule has 2 atom stereocenters. The minimum atomic E-state index is -0.863. The fourth-order valence-corrected chi connectivity index (χ4v) is 2.90. The number of halogens is 1. The second-order valence-electron chi connectivity index (χ2n) is 5.62. The first-order valence-corrected chi connectivity index (χ1v) is 7.29. The lowest BCUT2D eigenvalue weighted by Crippen LogP contribution is -2.43. The molecule has 0 aromatic heterocycles. The number of nitrogens with one attached hydrogen (secondary N) is 1. The number of carboxylic acid groups (broad SMARTS) is 1. The SMILES string of the molecule is Cc1cc(F)ccc1C(=O)NC1CCCCCC1C(=O)O. The van der Waals surface area contributed by atoms with Gasteiger partial charge in [-0.05, 0) is 43.5 Å². The summed E-state index contributed by atoms with van der Waals surface area (Å²) in [6.07, 6.45) is 4.04. The molecule has 114 valence electrons. The Morgan fingerprint density at radius 1 is 1.24 bits per heavy atom. The maximum Gasteiger partial charge on any atom is 0.308 e. The van der Waals surface area contributed by atoms with Crippen molar-refractivity contribution in [1.29, 1.82) is 0 Å². The first-order valence-electron chi connectivity index (χ1n) is 7.29. The minimum absolute atomic E-state index is 0.328. The molecular weight excluding hydrogens is 273 g/mol. The quantitative estimate of drug-likeness (QED) is 0.842. The fraction of sp³-hybridized carbons (Fsp3) is 0.500. The van der Waals surface area contributed by atoms with Gasteiger partial charge in [0.15, 0.2) is 0 Å². The van der Waals surface area contributed by atoms with Gasteiger partial charge in [0.1, 0.15) is 5.82 Å². The summed E-state index contributed by atoms with van der Waals surface area (Å²) in [5, 5.41) is 12.1. The van der Waals surface area contributed by atoms with E-state index in [9.17, 15) is 19.1 Å². The molecule has 2 rings (SSSR count). The number of hydrogen-bond donors (Lipinski definition) is 2. The van der Waals surface area contributed by atoms with Crippen LogP contribution in [0.15, 0.2) is 18.2 Å². The largest absolute Gasteiger partial charge is 0.481 e. The second kappa shape index (κ2) is 6.70. The van der Waals surface area contributed by atoms with Crippen LogP contribution in [0.5, 0.6) is 0 Å². The normalized spacial score (nSPS) is 22.4. The molecule has 1 fully saturated rings. The summed E-state index contributed by atoms with van der Waals surface area (Å²) in [5.74, 6) is -2.12. The topological polar surface area (TPSA) is 66.4 Å². The summed E-state index contributed by atoms with van der Waals surface area (Å²) in [6, 6.07) is 3.62. The number of carboxylic acids is 1. The Kier molecular flexibility index (Phi) is 4.94. The van der Waals surface area contributed by atoms with E-state index in [-0.39, 0.29) is 17.8 Å². The molecular formula is C16H20FNO3. The van der Waals surface area contributed by atoms with Crippen LogP contribution in [0.4, 0.5) is 4.39 Å². The Morgan fingerprint density at radius 2 is 1.95 bits per heavy atom. The van der Waals surface area contributed by atoms with Crippen molar-refractivity contribution in [3.8, 4) is 0 Å². The van der Waals surface area contributed by atoms with E-state index in [1.54, 1.807) is 6.92 Å². The Labute approximate surface area is 123 Å². The Balaban J connectivity index is 2.14. The highest BCUT2D eigenvalue weighted by atomic mass is 19.1. The van der Waals surface area contributed by atoms with E-state index in [4.69, 9.17) is 0 Å². The van der Waals surface area contributed by atoms with Crippen LogP contribution in [0.25, 0.3) is 0 Å². The molecule has 4 nitrogen and oxygen atoms in total.